The van der Waals surface area contributed by atoms with E-state index in [1.165, 1.54) is 28.3 Å². The van der Waals surface area contributed by atoms with Crippen LogP contribution in [0.4, 0.5) is 0 Å². The first kappa shape index (κ1) is 24.5. The third-order valence-corrected chi connectivity index (χ3v) is 6.65. The van der Waals surface area contributed by atoms with Gasteiger partial charge in [-0.25, -0.2) is 4.98 Å². The van der Waals surface area contributed by atoms with Crippen molar-refractivity contribution in [2.45, 2.75) is 39.4 Å². The number of aromatic amines is 1. The lowest BCUT2D eigenvalue weighted by atomic mass is 10.1. The van der Waals surface area contributed by atoms with E-state index in [9.17, 15) is 4.79 Å². The Bertz CT molecular complexity index is 1470. The smallest absolute Gasteiger partial charge is 0.273 e. The molecule has 0 saturated heterocycles. The largest absolute Gasteiger partial charge is 0.447 e. The number of nitrogens with zero attached hydrogens (tertiary/aromatic N) is 2. The Labute approximate surface area is 217 Å². The molecule has 37 heavy (non-hydrogen) atoms. The molecule has 0 spiro atoms. The summed E-state index contributed by atoms with van der Waals surface area (Å²) >= 11 is 0. The monoisotopic (exact) mass is 492 g/mol. The summed E-state index contributed by atoms with van der Waals surface area (Å²) in [6.45, 7) is 6.17. The summed E-state index contributed by atoms with van der Waals surface area (Å²) in [5.41, 5.74) is 6.24. The molecule has 0 fully saturated rings. The number of aromatic nitrogens is 2. The van der Waals surface area contributed by atoms with Crippen molar-refractivity contribution in [2.24, 2.45) is 0 Å². The number of hydrogen-bond donors (Lipinski definition) is 2. The van der Waals surface area contributed by atoms with Gasteiger partial charge in [-0.2, -0.15) is 0 Å². The number of oxazole rings is 1. The highest BCUT2D eigenvalue weighted by atomic mass is 16.3. The number of aryl methyl sites for hydroxylation is 1. The molecule has 0 aliphatic carbocycles. The van der Waals surface area contributed by atoms with Crippen LogP contribution in [0.3, 0.4) is 0 Å². The van der Waals surface area contributed by atoms with Crippen LogP contribution in [0.15, 0.2) is 95.7 Å². The number of para-hydroxylation sites is 1. The molecule has 0 bridgehead atoms. The van der Waals surface area contributed by atoms with Crippen LogP contribution in [-0.4, -0.2) is 27.3 Å². The van der Waals surface area contributed by atoms with Gasteiger partial charge in [0.2, 0.25) is 5.89 Å². The van der Waals surface area contributed by atoms with Gasteiger partial charge in [0, 0.05) is 30.2 Å². The highest BCUT2D eigenvalue weighted by Gasteiger charge is 2.18. The van der Waals surface area contributed by atoms with Crippen LogP contribution in [0, 0.1) is 6.92 Å². The Morgan fingerprint density at radius 1 is 1.03 bits per heavy atom. The molecular weight excluding hydrogens is 460 g/mol. The maximum absolute atomic E-state index is 12.8. The van der Waals surface area contributed by atoms with Crippen LogP contribution in [0.1, 0.15) is 51.6 Å². The van der Waals surface area contributed by atoms with Crippen LogP contribution < -0.4 is 5.32 Å². The summed E-state index contributed by atoms with van der Waals surface area (Å²) in [5.74, 6) is 0.291. The number of rotatable bonds is 10. The van der Waals surface area contributed by atoms with Crippen molar-refractivity contribution < 1.29 is 9.21 Å². The Balaban J connectivity index is 1.28. The molecule has 0 unspecified atom stereocenters. The lowest BCUT2D eigenvalue weighted by Crippen LogP contribution is -2.27. The number of carbonyl (C=O) groups is 1. The minimum atomic E-state index is -0.240. The fraction of sp³-hybridized carbons (Fsp3) is 0.226. The number of amides is 1. The van der Waals surface area contributed by atoms with E-state index in [2.05, 4.69) is 75.8 Å². The predicted octanol–water partition coefficient (Wildman–Crippen LogP) is 6.20. The third-order valence-electron chi connectivity index (χ3n) is 6.65. The third kappa shape index (κ3) is 6.16. The lowest BCUT2D eigenvalue weighted by molar-refractivity contribution is 0.0934. The zero-order chi connectivity index (χ0) is 25.6. The van der Waals surface area contributed by atoms with Crippen molar-refractivity contribution in [1.82, 2.24) is 20.2 Å². The molecule has 5 rings (SSSR count). The van der Waals surface area contributed by atoms with E-state index in [1.807, 2.05) is 43.3 Å². The van der Waals surface area contributed by atoms with E-state index in [1.54, 1.807) is 0 Å². The molecule has 0 radical (unpaired) electrons. The highest BCUT2D eigenvalue weighted by Crippen LogP contribution is 2.20. The molecule has 6 heteroatoms. The molecule has 0 aliphatic rings. The second-order valence-electron chi connectivity index (χ2n) is 9.54. The molecule has 2 N–H and O–H groups in total. The van der Waals surface area contributed by atoms with Gasteiger partial charge in [-0.3, -0.25) is 9.69 Å². The number of nitrogens with one attached hydrogen (secondary N) is 2. The second kappa shape index (κ2) is 11.3. The van der Waals surface area contributed by atoms with Crippen LogP contribution in [0.5, 0.6) is 0 Å². The van der Waals surface area contributed by atoms with Gasteiger partial charge in [0.15, 0.2) is 5.69 Å². The average molecular weight is 493 g/mol. The van der Waals surface area contributed by atoms with Gasteiger partial charge < -0.3 is 14.7 Å². The summed E-state index contributed by atoms with van der Waals surface area (Å²) in [6.07, 6.45) is 4.43. The standard InChI is InChI=1S/C31H32N4O2/c1-22-9-8-10-24(17-22)19-35(16-15-26-18-32-28-14-7-6-13-27(26)28)20-30-34-29(21-37-30)31(36)33-23(2)25-11-4-3-5-12-25/h3-14,17-18,21,23,32H,15-16,19-20H2,1-2H3,(H,33,36)/t23-/m1/s1. The van der Waals surface area contributed by atoms with Crippen LogP contribution in [0.2, 0.25) is 0 Å². The molecule has 1 atom stereocenters. The highest BCUT2D eigenvalue weighted by molar-refractivity contribution is 5.92. The van der Waals surface area contributed by atoms with Gasteiger partial charge in [-0.1, -0.05) is 78.4 Å². The molecule has 188 valence electrons. The van der Waals surface area contributed by atoms with Crippen molar-refractivity contribution in [1.29, 1.82) is 0 Å². The Kier molecular flexibility index (Phi) is 7.47. The number of H-pyrrole nitrogens is 1. The summed E-state index contributed by atoms with van der Waals surface area (Å²) in [6, 6.07) is 26.7. The van der Waals surface area contributed by atoms with Crippen LogP contribution in [-0.2, 0) is 19.5 Å². The molecule has 6 nitrogen and oxygen atoms in total. The quantitative estimate of drug-likeness (QED) is 0.243. The summed E-state index contributed by atoms with van der Waals surface area (Å²) < 4.78 is 5.75. The lowest BCUT2D eigenvalue weighted by Gasteiger charge is -2.21. The van der Waals surface area contributed by atoms with Crippen LogP contribution in [0.25, 0.3) is 10.9 Å². The van der Waals surface area contributed by atoms with Gasteiger partial charge in [0.05, 0.1) is 12.6 Å². The normalized spacial score (nSPS) is 12.2. The van der Waals surface area contributed by atoms with Gasteiger partial charge in [0.25, 0.3) is 5.91 Å². The summed E-state index contributed by atoms with van der Waals surface area (Å²) in [7, 11) is 0. The molecule has 1 amide bonds. The number of fused-ring (bicyclic) bond motifs is 1. The van der Waals surface area contributed by atoms with E-state index in [4.69, 9.17) is 4.42 Å². The van der Waals surface area contributed by atoms with Crippen molar-refractivity contribution in [2.75, 3.05) is 6.54 Å². The van der Waals surface area contributed by atoms with Crippen LogP contribution >= 0.6 is 0 Å². The van der Waals surface area contributed by atoms with Crippen molar-refractivity contribution in [3.63, 3.8) is 0 Å². The van der Waals surface area contributed by atoms with E-state index in [-0.39, 0.29) is 11.9 Å². The van der Waals surface area contributed by atoms with Crippen molar-refractivity contribution in [3.05, 3.63) is 125 Å². The maximum Gasteiger partial charge on any atom is 0.273 e. The molecule has 2 heterocycles. The van der Waals surface area contributed by atoms with Crippen molar-refractivity contribution >= 4 is 16.8 Å². The molecule has 0 aliphatic heterocycles. The number of hydrogen-bond acceptors (Lipinski definition) is 4. The van der Waals surface area contributed by atoms with E-state index in [0.29, 0.717) is 18.1 Å². The van der Waals surface area contributed by atoms with Gasteiger partial charge >= 0.3 is 0 Å². The molecule has 3 aromatic carbocycles. The van der Waals surface area contributed by atoms with Gasteiger partial charge in [-0.15, -0.1) is 0 Å². The van der Waals surface area contributed by atoms with E-state index in [0.717, 1.165) is 30.6 Å². The zero-order valence-corrected chi connectivity index (χ0v) is 21.3. The fourth-order valence-corrected chi connectivity index (χ4v) is 4.67. The SMILES string of the molecule is Cc1cccc(CN(CCc2c[nH]c3ccccc23)Cc2nc(C(=O)N[C@H](C)c3ccccc3)co2)c1. The first-order valence-corrected chi connectivity index (χ1v) is 12.7. The zero-order valence-electron chi connectivity index (χ0n) is 21.3. The Hall–Kier alpha value is -4.16. The first-order valence-electron chi connectivity index (χ1n) is 12.7. The minimum absolute atomic E-state index is 0.122. The van der Waals surface area contributed by atoms with Gasteiger partial charge in [0.1, 0.15) is 6.26 Å². The Morgan fingerprint density at radius 3 is 2.68 bits per heavy atom. The van der Waals surface area contributed by atoms with Gasteiger partial charge in [-0.05, 0) is 43.0 Å². The number of carbonyl (C=O) groups excluding carboxylic acids is 1. The maximum atomic E-state index is 12.8. The Morgan fingerprint density at radius 2 is 1.84 bits per heavy atom. The average Bonchev–Trinajstić information content (AvgIpc) is 3.55. The van der Waals surface area contributed by atoms with E-state index >= 15 is 0 Å². The minimum Gasteiger partial charge on any atom is -0.447 e. The predicted molar refractivity (Wildman–Crippen MR) is 146 cm³/mol. The summed E-state index contributed by atoms with van der Waals surface area (Å²) in [5, 5.41) is 4.26. The van der Waals surface area contributed by atoms with Crippen molar-refractivity contribution in [3.8, 4) is 0 Å². The molecule has 5 aromatic rings. The summed E-state index contributed by atoms with van der Waals surface area (Å²) in [4.78, 5) is 23.0. The molecule has 2 aromatic heterocycles. The molecule has 0 saturated carbocycles. The second-order valence-corrected chi connectivity index (χ2v) is 9.54. The molecular formula is C31H32N4O2. The first-order chi connectivity index (χ1) is 18.0. The topological polar surface area (TPSA) is 74.2 Å². The number of benzene rings is 3. The fourth-order valence-electron chi connectivity index (χ4n) is 4.67. The van der Waals surface area contributed by atoms with E-state index < -0.39 is 0 Å².